The highest BCUT2D eigenvalue weighted by molar-refractivity contribution is 5.95. The van der Waals surface area contributed by atoms with Crippen LogP contribution in [-0.2, 0) is 10.8 Å². The Hall–Kier alpha value is -7.48. The third kappa shape index (κ3) is 5.33. The van der Waals surface area contributed by atoms with E-state index < -0.39 is 5.41 Å². The molecule has 0 fully saturated rings. The second-order valence-electron chi connectivity index (χ2n) is 17.3. The van der Waals surface area contributed by atoms with Crippen molar-refractivity contribution in [2.45, 2.75) is 24.7 Å². The summed E-state index contributed by atoms with van der Waals surface area (Å²) >= 11 is 0. The van der Waals surface area contributed by atoms with Gasteiger partial charge in [0.15, 0.2) is 0 Å². The van der Waals surface area contributed by atoms with Gasteiger partial charge in [0.2, 0.25) is 0 Å². The van der Waals surface area contributed by atoms with E-state index in [1.165, 1.54) is 88.3 Å². The van der Waals surface area contributed by atoms with E-state index in [2.05, 4.69) is 243 Å². The van der Waals surface area contributed by atoms with Gasteiger partial charge in [0.25, 0.3) is 0 Å². The van der Waals surface area contributed by atoms with Gasteiger partial charge in [-0.1, -0.05) is 184 Å². The summed E-state index contributed by atoms with van der Waals surface area (Å²) in [5.41, 5.74) is 18.4. The number of hydrogen-bond donors (Lipinski definition) is 0. The van der Waals surface area contributed by atoms with Crippen molar-refractivity contribution in [2.24, 2.45) is 0 Å². The summed E-state index contributed by atoms with van der Waals surface area (Å²) in [4.78, 5) is 2.37. The van der Waals surface area contributed by atoms with Crippen molar-refractivity contribution < 1.29 is 0 Å². The number of rotatable bonds is 6. The zero-order valence-corrected chi connectivity index (χ0v) is 34.3. The van der Waals surface area contributed by atoms with E-state index in [-0.39, 0.29) is 5.41 Å². The first-order chi connectivity index (χ1) is 30.0. The molecule has 10 aromatic carbocycles. The normalized spacial score (nSPS) is 14.0. The summed E-state index contributed by atoms with van der Waals surface area (Å²) in [7, 11) is 0. The molecule has 2 aliphatic rings. The van der Waals surface area contributed by atoms with Gasteiger partial charge in [-0.05, 0) is 143 Å². The van der Waals surface area contributed by atoms with Crippen molar-refractivity contribution in [2.75, 3.05) is 4.90 Å². The summed E-state index contributed by atoms with van der Waals surface area (Å²) < 4.78 is 0. The molecule has 0 radical (unpaired) electrons. The Bertz CT molecular complexity index is 3270. The molecule has 61 heavy (non-hydrogen) atoms. The van der Waals surface area contributed by atoms with Gasteiger partial charge in [0.1, 0.15) is 0 Å². The molecule has 12 rings (SSSR count). The number of anilines is 3. The minimum absolute atomic E-state index is 0.159. The van der Waals surface area contributed by atoms with E-state index in [1.807, 2.05) is 0 Å². The van der Waals surface area contributed by atoms with Crippen LogP contribution in [0.3, 0.4) is 0 Å². The first-order valence-electron chi connectivity index (χ1n) is 21.4. The maximum Gasteiger partial charge on any atom is 0.0713 e. The Morgan fingerprint density at radius 2 is 0.770 bits per heavy atom. The van der Waals surface area contributed by atoms with Crippen LogP contribution < -0.4 is 4.90 Å². The fraction of sp³-hybridized carbons (Fsp3) is 0.0667. The monoisotopic (exact) mass is 777 g/mol. The maximum absolute atomic E-state index is 2.54. The molecule has 1 heteroatoms. The second-order valence-corrected chi connectivity index (χ2v) is 17.3. The predicted molar refractivity (Wildman–Crippen MR) is 256 cm³/mol. The molecule has 0 saturated carbocycles. The highest BCUT2D eigenvalue weighted by atomic mass is 15.1. The number of para-hydroxylation sites is 1. The number of hydrogen-bond acceptors (Lipinski definition) is 1. The Morgan fingerprint density at radius 1 is 0.295 bits per heavy atom. The Labute approximate surface area is 357 Å². The van der Waals surface area contributed by atoms with Gasteiger partial charge in [-0.3, -0.25) is 0 Å². The van der Waals surface area contributed by atoms with Crippen LogP contribution in [0.5, 0.6) is 0 Å². The first kappa shape index (κ1) is 35.5. The molecule has 288 valence electrons. The largest absolute Gasteiger partial charge is 0.311 e. The molecule has 0 saturated heterocycles. The molecule has 0 aliphatic heterocycles. The minimum Gasteiger partial charge on any atom is -0.311 e. The molecule has 2 aliphatic carbocycles. The zero-order chi connectivity index (χ0) is 40.7. The molecule has 0 aromatic heterocycles. The first-order valence-corrected chi connectivity index (χ1v) is 21.4. The topological polar surface area (TPSA) is 3.24 Å². The van der Waals surface area contributed by atoms with Crippen molar-refractivity contribution in [3.05, 3.63) is 258 Å². The summed E-state index contributed by atoms with van der Waals surface area (Å²) in [5.74, 6) is 0. The van der Waals surface area contributed by atoms with Gasteiger partial charge in [0.05, 0.1) is 5.41 Å². The SMILES string of the molecule is CC1(C)c2cc(C3(c4ccc(N(c5ccccc5)c5ccc(-c6ccc7ccccc7c6)cc5)cc4)c4ccccc4-c4ccccc43)ccc2-c2cc3ccccc3cc21. The van der Waals surface area contributed by atoms with E-state index in [1.54, 1.807) is 0 Å². The molecule has 10 aromatic rings. The molecule has 0 amide bonds. The van der Waals surface area contributed by atoms with E-state index in [4.69, 9.17) is 0 Å². The van der Waals surface area contributed by atoms with Gasteiger partial charge in [-0.15, -0.1) is 0 Å². The highest BCUT2D eigenvalue weighted by Gasteiger charge is 2.47. The number of benzene rings is 10. The standard InChI is InChI=1S/C60H43N/c1-59(2)57-38-44-17-9-8-16-43(44)37-54(57)53-35-30-47(39-58(53)59)60(55-22-12-10-20-51(55)52-21-11-13-23-56(52)60)46-28-33-50(34-29-46)61(48-18-4-3-5-19-48)49-31-26-41(27-32-49)45-25-24-40-14-6-7-15-42(40)36-45/h3-39H,1-2H3. The van der Waals surface area contributed by atoms with Crippen LogP contribution in [0.25, 0.3) is 54.9 Å². The van der Waals surface area contributed by atoms with Crippen molar-refractivity contribution in [3.63, 3.8) is 0 Å². The third-order valence-corrected chi connectivity index (χ3v) is 13.7. The fourth-order valence-corrected chi connectivity index (χ4v) is 10.7. The van der Waals surface area contributed by atoms with Gasteiger partial charge < -0.3 is 4.90 Å². The highest BCUT2D eigenvalue weighted by Crippen LogP contribution is 2.58. The lowest BCUT2D eigenvalue weighted by Crippen LogP contribution is -2.29. The average Bonchev–Trinajstić information content (AvgIpc) is 3.74. The lowest BCUT2D eigenvalue weighted by Gasteiger charge is -2.35. The average molecular weight is 778 g/mol. The maximum atomic E-state index is 2.54. The molecule has 0 N–H and O–H groups in total. The smallest absolute Gasteiger partial charge is 0.0713 e. The molecular weight excluding hydrogens is 735 g/mol. The van der Waals surface area contributed by atoms with E-state index in [9.17, 15) is 0 Å². The van der Waals surface area contributed by atoms with Crippen molar-refractivity contribution in [3.8, 4) is 33.4 Å². The molecule has 0 spiro atoms. The van der Waals surface area contributed by atoms with Gasteiger partial charge in [0, 0.05) is 22.5 Å². The van der Waals surface area contributed by atoms with Gasteiger partial charge >= 0.3 is 0 Å². The molecule has 1 nitrogen and oxygen atoms in total. The van der Waals surface area contributed by atoms with E-state index >= 15 is 0 Å². The zero-order valence-electron chi connectivity index (χ0n) is 34.3. The van der Waals surface area contributed by atoms with Crippen molar-refractivity contribution in [1.82, 2.24) is 0 Å². The fourth-order valence-electron chi connectivity index (χ4n) is 10.7. The van der Waals surface area contributed by atoms with Crippen LogP contribution in [0, 0.1) is 0 Å². The second kappa shape index (κ2) is 13.5. The molecule has 0 unspecified atom stereocenters. The minimum atomic E-state index is -0.518. The summed E-state index contributed by atoms with van der Waals surface area (Å²) in [6, 6.07) is 83.5. The lowest BCUT2D eigenvalue weighted by molar-refractivity contribution is 0.656. The van der Waals surface area contributed by atoms with Crippen molar-refractivity contribution in [1.29, 1.82) is 0 Å². The Balaban J connectivity index is 1.01. The number of nitrogens with zero attached hydrogens (tertiary/aromatic N) is 1. The van der Waals surface area contributed by atoms with Crippen LogP contribution >= 0.6 is 0 Å². The Morgan fingerprint density at radius 3 is 1.44 bits per heavy atom. The van der Waals surface area contributed by atoms with Gasteiger partial charge in [-0.25, -0.2) is 0 Å². The van der Waals surface area contributed by atoms with Crippen LogP contribution in [0.15, 0.2) is 224 Å². The van der Waals surface area contributed by atoms with E-state index in [0.717, 1.165) is 17.1 Å². The molecule has 0 heterocycles. The molecule has 0 bridgehead atoms. The lowest BCUT2D eigenvalue weighted by atomic mass is 9.66. The van der Waals surface area contributed by atoms with Crippen LogP contribution in [0.1, 0.15) is 47.2 Å². The summed E-state index contributed by atoms with van der Waals surface area (Å²) in [5, 5.41) is 5.09. The molecular formula is C60H43N. The van der Waals surface area contributed by atoms with E-state index in [0.29, 0.717) is 0 Å². The number of fused-ring (bicyclic) bond motifs is 8. The van der Waals surface area contributed by atoms with Crippen LogP contribution in [0.2, 0.25) is 0 Å². The predicted octanol–water partition coefficient (Wildman–Crippen LogP) is 15.8. The van der Waals surface area contributed by atoms with Crippen molar-refractivity contribution >= 4 is 38.6 Å². The van der Waals surface area contributed by atoms with Crippen LogP contribution in [0.4, 0.5) is 17.1 Å². The summed E-state index contributed by atoms with van der Waals surface area (Å²) in [6.07, 6.45) is 0. The summed E-state index contributed by atoms with van der Waals surface area (Å²) in [6.45, 7) is 4.81. The molecule has 0 atom stereocenters. The third-order valence-electron chi connectivity index (χ3n) is 13.7. The quantitative estimate of drug-likeness (QED) is 0.163. The van der Waals surface area contributed by atoms with Crippen LogP contribution in [-0.4, -0.2) is 0 Å². The Kier molecular flexibility index (Phi) is 7.86. The van der Waals surface area contributed by atoms with Gasteiger partial charge in [-0.2, -0.15) is 0 Å².